The fraction of sp³-hybridized carbons (Fsp3) is 0.500. The van der Waals surface area contributed by atoms with E-state index in [4.69, 9.17) is 0 Å². The molecular weight excluding hydrogens is 214 g/mol. The molecule has 0 saturated heterocycles. The lowest BCUT2D eigenvalue weighted by Gasteiger charge is -2.13. The zero-order valence-electron chi connectivity index (χ0n) is 8.41. The summed E-state index contributed by atoms with van der Waals surface area (Å²) < 4.78 is 0. The smallest absolute Gasteiger partial charge is 0.261 e. The second-order valence-corrected chi connectivity index (χ2v) is 4.58. The van der Waals surface area contributed by atoms with Crippen LogP contribution in [0.1, 0.15) is 36.4 Å². The summed E-state index contributed by atoms with van der Waals surface area (Å²) in [6, 6.07) is 2.08. The molecule has 1 heterocycles. The average Bonchev–Trinajstić information content (AvgIpc) is 2.61. The highest BCUT2D eigenvalue weighted by Gasteiger charge is 2.11. The van der Waals surface area contributed by atoms with Crippen LogP contribution in [0.4, 0.5) is 0 Å². The van der Waals surface area contributed by atoms with Gasteiger partial charge in [0, 0.05) is 16.3 Å². The highest BCUT2D eigenvalue weighted by atomic mass is 32.1. The van der Waals surface area contributed by atoms with Crippen LogP contribution >= 0.6 is 24.0 Å². The van der Waals surface area contributed by atoms with Gasteiger partial charge in [0.2, 0.25) is 0 Å². The van der Waals surface area contributed by atoms with Crippen LogP contribution in [0.25, 0.3) is 0 Å². The zero-order valence-corrected chi connectivity index (χ0v) is 10.1. The Bertz CT molecular complexity index is 305. The van der Waals surface area contributed by atoms with Crippen molar-refractivity contribution in [3.8, 4) is 0 Å². The summed E-state index contributed by atoms with van der Waals surface area (Å²) >= 11 is 5.60. The summed E-state index contributed by atoms with van der Waals surface area (Å²) in [4.78, 5) is 13.2. The molecule has 1 rings (SSSR count). The molecule has 78 valence electrons. The second kappa shape index (κ2) is 5.41. The van der Waals surface area contributed by atoms with E-state index in [1.807, 2.05) is 5.38 Å². The Morgan fingerprint density at radius 3 is 2.64 bits per heavy atom. The zero-order chi connectivity index (χ0) is 10.6. The molecule has 2 nitrogen and oxygen atoms in total. The third-order valence-corrected chi connectivity index (χ3v) is 3.49. The predicted octanol–water partition coefficient (Wildman–Crippen LogP) is 2.96. The minimum absolute atomic E-state index is 0.0176. The second-order valence-electron chi connectivity index (χ2n) is 3.16. The first kappa shape index (κ1) is 11.6. The van der Waals surface area contributed by atoms with Crippen molar-refractivity contribution >= 4 is 29.9 Å². The molecule has 1 aromatic heterocycles. The molecule has 1 N–H and O–H groups in total. The van der Waals surface area contributed by atoms with Crippen molar-refractivity contribution in [3.63, 3.8) is 0 Å². The maximum atomic E-state index is 11.7. The van der Waals surface area contributed by atoms with Crippen LogP contribution in [0.5, 0.6) is 0 Å². The Morgan fingerprint density at radius 1 is 1.57 bits per heavy atom. The lowest BCUT2D eigenvalue weighted by Crippen LogP contribution is -2.33. The van der Waals surface area contributed by atoms with Gasteiger partial charge in [-0.1, -0.05) is 13.8 Å². The summed E-state index contributed by atoms with van der Waals surface area (Å²) in [5.74, 6) is 0.0176. The fourth-order valence-corrected chi connectivity index (χ4v) is 2.25. The van der Waals surface area contributed by atoms with Crippen LogP contribution in [0, 0.1) is 0 Å². The lowest BCUT2D eigenvalue weighted by atomic mass is 10.2. The number of rotatable bonds is 4. The third kappa shape index (κ3) is 3.03. The molecule has 1 amide bonds. The Kier molecular flexibility index (Phi) is 4.48. The van der Waals surface area contributed by atoms with Gasteiger partial charge in [-0.15, -0.1) is 24.0 Å². The summed E-state index contributed by atoms with van der Waals surface area (Å²) in [5.41, 5.74) is 0. The molecule has 0 atom stereocenters. The van der Waals surface area contributed by atoms with Gasteiger partial charge in [0.1, 0.15) is 0 Å². The lowest BCUT2D eigenvalue weighted by molar-refractivity contribution is 0.0939. The van der Waals surface area contributed by atoms with Crippen molar-refractivity contribution in [1.29, 1.82) is 0 Å². The van der Waals surface area contributed by atoms with Crippen LogP contribution in [-0.4, -0.2) is 11.9 Å². The molecule has 0 radical (unpaired) electrons. The van der Waals surface area contributed by atoms with E-state index >= 15 is 0 Å². The molecule has 0 aliphatic rings. The van der Waals surface area contributed by atoms with Gasteiger partial charge in [-0.25, -0.2) is 0 Å². The SMILES string of the molecule is CCC(CC)NC(=O)c1cc(S)cs1. The van der Waals surface area contributed by atoms with Gasteiger partial charge < -0.3 is 5.32 Å². The van der Waals surface area contributed by atoms with E-state index in [0.717, 1.165) is 22.6 Å². The maximum absolute atomic E-state index is 11.7. The van der Waals surface area contributed by atoms with Gasteiger partial charge in [-0.3, -0.25) is 4.79 Å². The number of nitrogens with one attached hydrogen (secondary N) is 1. The molecule has 0 spiro atoms. The highest BCUT2D eigenvalue weighted by Crippen LogP contribution is 2.17. The van der Waals surface area contributed by atoms with Crippen molar-refractivity contribution in [2.45, 2.75) is 37.6 Å². The Labute approximate surface area is 94.1 Å². The summed E-state index contributed by atoms with van der Waals surface area (Å²) in [5, 5.41) is 4.85. The van der Waals surface area contributed by atoms with Crippen molar-refractivity contribution in [2.75, 3.05) is 0 Å². The average molecular weight is 229 g/mol. The molecule has 14 heavy (non-hydrogen) atoms. The van der Waals surface area contributed by atoms with Crippen molar-refractivity contribution in [2.24, 2.45) is 0 Å². The Morgan fingerprint density at radius 2 is 2.21 bits per heavy atom. The first-order chi connectivity index (χ1) is 6.67. The van der Waals surface area contributed by atoms with Crippen LogP contribution in [0.15, 0.2) is 16.3 Å². The maximum Gasteiger partial charge on any atom is 0.261 e. The molecule has 0 aliphatic carbocycles. The van der Waals surface area contributed by atoms with Crippen molar-refractivity contribution < 1.29 is 4.79 Å². The normalized spacial score (nSPS) is 10.6. The van der Waals surface area contributed by atoms with Gasteiger partial charge >= 0.3 is 0 Å². The number of amides is 1. The fourth-order valence-electron chi connectivity index (χ4n) is 1.19. The highest BCUT2D eigenvalue weighted by molar-refractivity contribution is 7.80. The van der Waals surface area contributed by atoms with Gasteiger partial charge in [0.05, 0.1) is 4.88 Å². The number of thiol groups is 1. The Balaban J connectivity index is 2.58. The van der Waals surface area contributed by atoms with Crippen LogP contribution in [0.3, 0.4) is 0 Å². The van der Waals surface area contributed by atoms with Crippen LogP contribution in [-0.2, 0) is 0 Å². The van der Waals surface area contributed by atoms with Gasteiger partial charge in [0.15, 0.2) is 0 Å². The minimum atomic E-state index is 0.0176. The molecule has 0 aliphatic heterocycles. The van der Waals surface area contributed by atoms with E-state index in [0.29, 0.717) is 0 Å². The van der Waals surface area contributed by atoms with Gasteiger partial charge in [0.25, 0.3) is 5.91 Å². The van der Waals surface area contributed by atoms with E-state index < -0.39 is 0 Å². The van der Waals surface area contributed by atoms with E-state index in [1.165, 1.54) is 11.3 Å². The van der Waals surface area contributed by atoms with Crippen LogP contribution in [0.2, 0.25) is 0 Å². The molecule has 0 saturated carbocycles. The van der Waals surface area contributed by atoms with Crippen LogP contribution < -0.4 is 5.32 Å². The first-order valence-electron chi connectivity index (χ1n) is 4.75. The van der Waals surface area contributed by atoms with Gasteiger partial charge in [-0.2, -0.15) is 0 Å². The topological polar surface area (TPSA) is 29.1 Å². The minimum Gasteiger partial charge on any atom is -0.349 e. The quantitative estimate of drug-likeness (QED) is 0.764. The van der Waals surface area contributed by atoms with E-state index in [9.17, 15) is 4.79 Å². The largest absolute Gasteiger partial charge is 0.349 e. The molecule has 4 heteroatoms. The van der Waals surface area contributed by atoms with Gasteiger partial charge in [-0.05, 0) is 18.9 Å². The predicted molar refractivity (Wildman–Crippen MR) is 63.4 cm³/mol. The molecule has 1 aromatic rings. The monoisotopic (exact) mass is 229 g/mol. The van der Waals surface area contributed by atoms with E-state index in [1.54, 1.807) is 6.07 Å². The molecule has 0 unspecified atom stereocenters. The summed E-state index contributed by atoms with van der Waals surface area (Å²) in [6.45, 7) is 4.15. The molecule has 0 aromatic carbocycles. The van der Waals surface area contributed by atoms with E-state index in [2.05, 4.69) is 31.8 Å². The number of hydrogen-bond acceptors (Lipinski definition) is 3. The Hall–Kier alpha value is -0.480. The first-order valence-corrected chi connectivity index (χ1v) is 6.08. The third-order valence-electron chi connectivity index (χ3n) is 2.13. The number of carbonyl (C=O) groups excluding carboxylic acids is 1. The van der Waals surface area contributed by atoms with Crippen molar-refractivity contribution in [3.05, 3.63) is 16.3 Å². The van der Waals surface area contributed by atoms with E-state index in [-0.39, 0.29) is 11.9 Å². The van der Waals surface area contributed by atoms with Crippen molar-refractivity contribution in [1.82, 2.24) is 5.32 Å². The summed E-state index contributed by atoms with van der Waals surface area (Å²) in [6.07, 6.45) is 1.95. The number of hydrogen-bond donors (Lipinski definition) is 2. The summed E-state index contributed by atoms with van der Waals surface area (Å²) in [7, 11) is 0. The standard InChI is InChI=1S/C10H15NOS2/c1-3-7(4-2)11-10(12)9-5-8(13)6-14-9/h5-7,13H,3-4H2,1-2H3,(H,11,12). The number of thiophene rings is 1. The number of carbonyl (C=O) groups is 1. The molecule has 0 fully saturated rings. The molecular formula is C10H15NOS2. The molecule has 0 bridgehead atoms.